The van der Waals surface area contributed by atoms with Crippen LogP contribution in [0.15, 0.2) is 75.8 Å². The number of nitrogens with one attached hydrogen (secondary N) is 1. The molecule has 5 nitrogen and oxygen atoms in total. The molecule has 0 spiro atoms. The summed E-state index contributed by atoms with van der Waals surface area (Å²) in [5, 5.41) is 1.13. The van der Waals surface area contributed by atoms with Crippen molar-refractivity contribution in [3.8, 4) is 0 Å². The minimum atomic E-state index is -3.84. The fourth-order valence-electron chi connectivity index (χ4n) is 2.61. The van der Waals surface area contributed by atoms with Gasteiger partial charge >= 0.3 is 0 Å². The van der Waals surface area contributed by atoms with Gasteiger partial charge in [-0.25, -0.2) is 21.6 Å². The molecule has 1 aromatic heterocycles. The van der Waals surface area contributed by atoms with Crippen molar-refractivity contribution in [3.05, 3.63) is 81.5 Å². The molecule has 0 radical (unpaired) electrons. The van der Waals surface area contributed by atoms with E-state index in [1.807, 2.05) is 6.92 Å². The maximum atomic E-state index is 13.2. The first-order valence-electron chi connectivity index (χ1n) is 8.29. The predicted molar refractivity (Wildman–Crippen MR) is 112 cm³/mol. The van der Waals surface area contributed by atoms with E-state index in [-0.39, 0.29) is 16.3 Å². The minimum Gasteiger partial charge on any atom is -0.223 e. The Labute approximate surface area is 174 Å². The Hall–Kier alpha value is -1.71. The molecule has 1 atom stereocenters. The molecule has 28 heavy (non-hydrogen) atoms. The molecule has 3 aromatic rings. The molecule has 148 valence electrons. The summed E-state index contributed by atoms with van der Waals surface area (Å²) in [6.45, 7) is 1.58. The van der Waals surface area contributed by atoms with E-state index in [0.29, 0.717) is 9.90 Å². The minimum absolute atomic E-state index is 0.0878. The van der Waals surface area contributed by atoms with E-state index in [0.717, 1.165) is 5.56 Å². The number of hydrogen-bond acceptors (Lipinski definition) is 5. The zero-order valence-corrected chi connectivity index (χ0v) is 18.1. The van der Waals surface area contributed by atoms with Crippen LogP contribution in [-0.2, 0) is 19.9 Å². The summed E-state index contributed by atoms with van der Waals surface area (Å²) in [4.78, 5) is 0.735. The number of rotatable bonds is 7. The van der Waals surface area contributed by atoms with Gasteiger partial charge in [0.25, 0.3) is 0 Å². The van der Waals surface area contributed by atoms with Gasteiger partial charge in [0.15, 0.2) is 9.84 Å². The number of sulfone groups is 1. The van der Waals surface area contributed by atoms with Crippen LogP contribution in [0.4, 0.5) is 0 Å². The zero-order valence-electron chi connectivity index (χ0n) is 14.9. The van der Waals surface area contributed by atoms with Gasteiger partial charge in [-0.2, -0.15) is 0 Å². The third kappa shape index (κ3) is 4.64. The van der Waals surface area contributed by atoms with Gasteiger partial charge in [-0.1, -0.05) is 35.4 Å². The Bertz CT molecular complexity index is 1140. The molecule has 3 rings (SSSR count). The Kier molecular flexibility index (Phi) is 6.26. The standard InChI is InChI=1S/C19H18ClNO4S3/c1-14-4-8-17(9-5-14)28(24,25)21-13-19(18-3-2-12-26-18)27(22,23)16-10-6-15(20)7-11-16/h2-12,19,21H,13H2,1H3/t19-/m1/s1. The number of hydrogen-bond donors (Lipinski definition) is 1. The zero-order chi connectivity index (χ0) is 20.4. The molecule has 0 saturated heterocycles. The van der Waals surface area contributed by atoms with Crippen molar-refractivity contribution in [2.24, 2.45) is 0 Å². The number of benzene rings is 2. The highest BCUT2D eigenvalue weighted by molar-refractivity contribution is 7.92. The molecular formula is C19H18ClNO4S3. The maximum absolute atomic E-state index is 13.2. The predicted octanol–water partition coefficient (Wildman–Crippen LogP) is 4.20. The molecule has 1 heterocycles. The number of aryl methyl sites for hydroxylation is 1. The van der Waals surface area contributed by atoms with Crippen molar-refractivity contribution in [2.45, 2.75) is 22.0 Å². The quantitative estimate of drug-likeness (QED) is 0.578. The summed E-state index contributed by atoms with van der Waals surface area (Å²) < 4.78 is 54.0. The Morgan fingerprint density at radius 2 is 1.54 bits per heavy atom. The van der Waals surface area contributed by atoms with Crippen LogP contribution in [0.25, 0.3) is 0 Å². The average molecular weight is 456 g/mol. The summed E-state index contributed by atoms with van der Waals surface area (Å²) in [7, 11) is -7.67. The Balaban J connectivity index is 1.91. The largest absolute Gasteiger partial charge is 0.240 e. The van der Waals surface area contributed by atoms with Crippen LogP contribution < -0.4 is 4.72 Å². The number of sulfonamides is 1. The van der Waals surface area contributed by atoms with Crippen molar-refractivity contribution in [1.82, 2.24) is 4.72 Å². The lowest BCUT2D eigenvalue weighted by Gasteiger charge is -2.18. The van der Waals surface area contributed by atoms with Gasteiger partial charge < -0.3 is 0 Å². The van der Waals surface area contributed by atoms with Crippen LogP contribution in [-0.4, -0.2) is 23.4 Å². The monoisotopic (exact) mass is 455 g/mol. The summed E-state index contributed by atoms with van der Waals surface area (Å²) in [6.07, 6.45) is 0. The molecule has 0 amide bonds. The molecule has 0 aliphatic carbocycles. The number of halogens is 1. The van der Waals surface area contributed by atoms with Crippen LogP contribution in [0, 0.1) is 6.92 Å². The Morgan fingerprint density at radius 1 is 0.929 bits per heavy atom. The topological polar surface area (TPSA) is 80.3 Å². The third-order valence-corrected chi connectivity index (χ3v) is 9.09. The second kappa shape index (κ2) is 8.34. The van der Waals surface area contributed by atoms with E-state index in [2.05, 4.69) is 4.72 Å². The first-order chi connectivity index (χ1) is 13.2. The maximum Gasteiger partial charge on any atom is 0.240 e. The molecule has 9 heteroatoms. The molecule has 0 bridgehead atoms. The molecule has 0 unspecified atom stereocenters. The van der Waals surface area contributed by atoms with Crippen molar-refractivity contribution >= 4 is 42.8 Å². The van der Waals surface area contributed by atoms with E-state index in [1.54, 1.807) is 29.6 Å². The first-order valence-corrected chi connectivity index (χ1v) is 12.6. The first kappa shape index (κ1) is 21.0. The smallest absolute Gasteiger partial charge is 0.223 e. The van der Waals surface area contributed by atoms with Gasteiger partial charge in [-0.05, 0) is 54.8 Å². The van der Waals surface area contributed by atoms with Crippen molar-refractivity contribution < 1.29 is 16.8 Å². The molecular weight excluding hydrogens is 438 g/mol. The summed E-state index contributed by atoms with van der Waals surface area (Å²) in [5.41, 5.74) is 0.931. The molecule has 0 saturated carbocycles. The van der Waals surface area contributed by atoms with Crippen LogP contribution in [0.1, 0.15) is 15.7 Å². The van der Waals surface area contributed by atoms with Crippen LogP contribution >= 0.6 is 22.9 Å². The van der Waals surface area contributed by atoms with E-state index in [1.165, 1.54) is 47.7 Å². The highest BCUT2D eigenvalue weighted by atomic mass is 35.5. The normalized spacial score (nSPS) is 13.4. The Morgan fingerprint density at radius 3 is 2.11 bits per heavy atom. The van der Waals surface area contributed by atoms with E-state index < -0.39 is 25.1 Å². The molecule has 0 aliphatic rings. The second-order valence-electron chi connectivity index (χ2n) is 6.17. The summed E-state index contributed by atoms with van der Waals surface area (Å²) in [6, 6.07) is 15.6. The van der Waals surface area contributed by atoms with Crippen LogP contribution in [0.3, 0.4) is 0 Å². The van der Waals surface area contributed by atoms with Crippen molar-refractivity contribution in [1.29, 1.82) is 0 Å². The SMILES string of the molecule is Cc1ccc(S(=O)(=O)NC[C@H](c2cccs2)S(=O)(=O)c2ccc(Cl)cc2)cc1. The molecule has 0 aliphatic heterocycles. The third-order valence-electron chi connectivity index (χ3n) is 4.17. The van der Waals surface area contributed by atoms with Crippen molar-refractivity contribution in [2.75, 3.05) is 6.54 Å². The van der Waals surface area contributed by atoms with E-state index in [4.69, 9.17) is 11.6 Å². The summed E-state index contributed by atoms with van der Waals surface area (Å²) in [5.74, 6) is 0. The van der Waals surface area contributed by atoms with E-state index in [9.17, 15) is 16.8 Å². The van der Waals surface area contributed by atoms with Gasteiger partial charge in [0.2, 0.25) is 10.0 Å². The number of thiophene rings is 1. The fourth-order valence-corrected chi connectivity index (χ4v) is 6.68. The van der Waals surface area contributed by atoms with Gasteiger partial charge in [0.1, 0.15) is 5.25 Å². The second-order valence-corrected chi connectivity index (χ2v) is 11.5. The molecule has 1 N–H and O–H groups in total. The lowest BCUT2D eigenvalue weighted by Crippen LogP contribution is -2.31. The average Bonchev–Trinajstić information content (AvgIpc) is 3.16. The lowest BCUT2D eigenvalue weighted by molar-refractivity contribution is 0.569. The van der Waals surface area contributed by atoms with Crippen molar-refractivity contribution in [3.63, 3.8) is 0 Å². The van der Waals surface area contributed by atoms with E-state index >= 15 is 0 Å². The highest BCUT2D eigenvalue weighted by Gasteiger charge is 2.31. The fraction of sp³-hybridized carbons (Fsp3) is 0.158. The van der Waals surface area contributed by atoms with Gasteiger partial charge in [0.05, 0.1) is 9.79 Å². The lowest BCUT2D eigenvalue weighted by atomic mass is 10.2. The van der Waals surface area contributed by atoms with Gasteiger partial charge in [0, 0.05) is 16.4 Å². The van der Waals surface area contributed by atoms with Gasteiger partial charge in [-0.15, -0.1) is 11.3 Å². The molecule has 2 aromatic carbocycles. The van der Waals surface area contributed by atoms with Crippen LogP contribution in [0.2, 0.25) is 5.02 Å². The van der Waals surface area contributed by atoms with Crippen LogP contribution in [0.5, 0.6) is 0 Å². The van der Waals surface area contributed by atoms with Gasteiger partial charge in [-0.3, -0.25) is 0 Å². The highest BCUT2D eigenvalue weighted by Crippen LogP contribution is 2.32. The summed E-state index contributed by atoms with van der Waals surface area (Å²) >= 11 is 7.12. The molecule has 0 fully saturated rings.